The minimum absolute atomic E-state index is 0.388. The summed E-state index contributed by atoms with van der Waals surface area (Å²) in [5.41, 5.74) is 1.71. The van der Waals surface area contributed by atoms with E-state index in [1.54, 1.807) is 0 Å². The minimum atomic E-state index is -0.665. The normalized spacial score (nSPS) is 19.0. The summed E-state index contributed by atoms with van der Waals surface area (Å²) in [7, 11) is 0. The summed E-state index contributed by atoms with van der Waals surface area (Å²) in [5, 5.41) is 13.6. The van der Waals surface area contributed by atoms with E-state index in [1.165, 1.54) is 5.56 Å². The SMILES string of the molecule is Cc1cccc(OCC2(O)CCNCC2)c1C. The molecule has 1 aliphatic heterocycles. The van der Waals surface area contributed by atoms with Gasteiger partial charge in [-0.2, -0.15) is 0 Å². The van der Waals surface area contributed by atoms with Crippen LogP contribution in [0.25, 0.3) is 0 Å². The molecule has 1 saturated heterocycles. The molecule has 1 aromatic carbocycles. The smallest absolute Gasteiger partial charge is 0.122 e. The molecule has 0 radical (unpaired) electrons. The molecular weight excluding hydrogens is 214 g/mol. The van der Waals surface area contributed by atoms with Crippen LogP contribution >= 0.6 is 0 Å². The van der Waals surface area contributed by atoms with Gasteiger partial charge in [-0.3, -0.25) is 0 Å². The number of aliphatic hydroxyl groups is 1. The Morgan fingerprint density at radius 2 is 2.00 bits per heavy atom. The summed E-state index contributed by atoms with van der Waals surface area (Å²) >= 11 is 0. The molecule has 0 saturated carbocycles. The van der Waals surface area contributed by atoms with Gasteiger partial charge in [0, 0.05) is 0 Å². The van der Waals surface area contributed by atoms with Crippen LogP contribution in [0.3, 0.4) is 0 Å². The zero-order valence-electron chi connectivity index (χ0n) is 10.6. The summed E-state index contributed by atoms with van der Waals surface area (Å²) in [4.78, 5) is 0. The first-order chi connectivity index (χ1) is 8.11. The third-order valence-electron chi connectivity index (χ3n) is 3.59. The Morgan fingerprint density at radius 3 is 2.71 bits per heavy atom. The predicted octanol–water partition coefficient (Wildman–Crippen LogP) is 1.80. The van der Waals surface area contributed by atoms with Gasteiger partial charge in [0.25, 0.3) is 0 Å². The molecule has 94 valence electrons. The van der Waals surface area contributed by atoms with E-state index < -0.39 is 5.60 Å². The van der Waals surface area contributed by atoms with Crippen molar-refractivity contribution in [2.24, 2.45) is 0 Å². The Kier molecular flexibility index (Phi) is 3.69. The van der Waals surface area contributed by atoms with E-state index in [0.717, 1.165) is 37.2 Å². The van der Waals surface area contributed by atoms with Crippen LogP contribution in [-0.4, -0.2) is 30.4 Å². The highest BCUT2D eigenvalue weighted by atomic mass is 16.5. The number of benzene rings is 1. The zero-order valence-corrected chi connectivity index (χ0v) is 10.6. The molecule has 0 unspecified atom stereocenters. The number of ether oxygens (including phenoxy) is 1. The highest BCUT2D eigenvalue weighted by molar-refractivity contribution is 5.38. The van der Waals surface area contributed by atoms with Crippen molar-refractivity contribution in [2.45, 2.75) is 32.3 Å². The quantitative estimate of drug-likeness (QED) is 0.839. The lowest BCUT2D eigenvalue weighted by Crippen LogP contribution is -2.46. The Morgan fingerprint density at radius 1 is 1.29 bits per heavy atom. The molecule has 0 atom stereocenters. The third-order valence-corrected chi connectivity index (χ3v) is 3.59. The number of nitrogens with one attached hydrogen (secondary N) is 1. The van der Waals surface area contributed by atoms with Crippen LogP contribution in [0.2, 0.25) is 0 Å². The van der Waals surface area contributed by atoms with E-state index in [0.29, 0.717) is 6.61 Å². The Labute approximate surface area is 103 Å². The van der Waals surface area contributed by atoms with Crippen molar-refractivity contribution < 1.29 is 9.84 Å². The number of hydrogen-bond acceptors (Lipinski definition) is 3. The maximum absolute atomic E-state index is 10.3. The first-order valence-corrected chi connectivity index (χ1v) is 6.23. The maximum Gasteiger partial charge on any atom is 0.122 e. The third kappa shape index (κ3) is 2.99. The van der Waals surface area contributed by atoms with Crippen LogP contribution < -0.4 is 10.1 Å². The Balaban J connectivity index is 1.99. The fraction of sp³-hybridized carbons (Fsp3) is 0.571. The van der Waals surface area contributed by atoms with E-state index in [4.69, 9.17) is 4.74 Å². The fourth-order valence-corrected chi connectivity index (χ4v) is 2.13. The molecular formula is C14H21NO2. The lowest BCUT2D eigenvalue weighted by Gasteiger charge is -2.32. The minimum Gasteiger partial charge on any atom is -0.490 e. The number of rotatable bonds is 3. The molecule has 2 N–H and O–H groups in total. The van der Waals surface area contributed by atoms with Gasteiger partial charge in [-0.05, 0) is 57.0 Å². The van der Waals surface area contributed by atoms with Crippen molar-refractivity contribution in [3.8, 4) is 5.75 Å². The highest BCUT2D eigenvalue weighted by Gasteiger charge is 2.30. The first kappa shape index (κ1) is 12.4. The molecule has 0 spiro atoms. The second-order valence-corrected chi connectivity index (χ2v) is 4.96. The van der Waals surface area contributed by atoms with Gasteiger partial charge in [0.2, 0.25) is 0 Å². The average Bonchev–Trinajstić information content (AvgIpc) is 2.32. The molecule has 0 bridgehead atoms. The summed E-state index contributed by atoms with van der Waals surface area (Å²) in [6, 6.07) is 6.03. The van der Waals surface area contributed by atoms with Gasteiger partial charge < -0.3 is 15.2 Å². The van der Waals surface area contributed by atoms with Gasteiger partial charge in [-0.1, -0.05) is 12.1 Å². The van der Waals surface area contributed by atoms with E-state index in [-0.39, 0.29) is 0 Å². The molecule has 1 aromatic rings. The molecule has 1 fully saturated rings. The summed E-state index contributed by atoms with van der Waals surface area (Å²) < 4.78 is 5.78. The largest absolute Gasteiger partial charge is 0.490 e. The maximum atomic E-state index is 10.3. The van der Waals surface area contributed by atoms with Gasteiger partial charge in [-0.25, -0.2) is 0 Å². The molecule has 0 aliphatic carbocycles. The average molecular weight is 235 g/mol. The van der Waals surface area contributed by atoms with Gasteiger partial charge in [0.15, 0.2) is 0 Å². The van der Waals surface area contributed by atoms with Crippen LogP contribution in [0.5, 0.6) is 5.75 Å². The number of piperidine rings is 1. The molecule has 1 aliphatic rings. The van der Waals surface area contributed by atoms with Crippen molar-refractivity contribution in [1.82, 2.24) is 5.32 Å². The standard InChI is InChI=1S/C14H21NO2/c1-11-4-3-5-13(12(11)2)17-10-14(16)6-8-15-9-7-14/h3-5,15-16H,6-10H2,1-2H3. The van der Waals surface area contributed by atoms with Crippen molar-refractivity contribution in [3.63, 3.8) is 0 Å². The predicted molar refractivity (Wildman–Crippen MR) is 68.5 cm³/mol. The molecule has 0 aromatic heterocycles. The van der Waals surface area contributed by atoms with Gasteiger partial charge in [0.1, 0.15) is 18.0 Å². The topological polar surface area (TPSA) is 41.5 Å². The van der Waals surface area contributed by atoms with E-state index >= 15 is 0 Å². The van der Waals surface area contributed by atoms with Gasteiger partial charge >= 0.3 is 0 Å². The zero-order chi connectivity index (χ0) is 12.3. The van der Waals surface area contributed by atoms with E-state index in [1.807, 2.05) is 12.1 Å². The second-order valence-electron chi connectivity index (χ2n) is 4.96. The fourth-order valence-electron chi connectivity index (χ4n) is 2.13. The van der Waals surface area contributed by atoms with Crippen LogP contribution in [0.4, 0.5) is 0 Å². The molecule has 2 rings (SSSR count). The van der Waals surface area contributed by atoms with Crippen LogP contribution in [0, 0.1) is 13.8 Å². The summed E-state index contributed by atoms with van der Waals surface area (Å²) in [6.07, 6.45) is 1.52. The van der Waals surface area contributed by atoms with E-state index in [9.17, 15) is 5.11 Å². The van der Waals surface area contributed by atoms with E-state index in [2.05, 4.69) is 25.2 Å². The second kappa shape index (κ2) is 5.07. The summed E-state index contributed by atoms with van der Waals surface area (Å²) in [6.45, 7) is 6.25. The molecule has 0 amide bonds. The van der Waals surface area contributed by atoms with Crippen LogP contribution in [0.15, 0.2) is 18.2 Å². The van der Waals surface area contributed by atoms with Crippen LogP contribution in [-0.2, 0) is 0 Å². The Bertz CT molecular complexity index is 384. The monoisotopic (exact) mass is 235 g/mol. The first-order valence-electron chi connectivity index (χ1n) is 6.23. The van der Waals surface area contributed by atoms with Crippen molar-refractivity contribution in [1.29, 1.82) is 0 Å². The molecule has 3 heteroatoms. The lowest BCUT2D eigenvalue weighted by molar-refractivity contribution is -0.0287. The highest BCUT2D eigenvalue weighted by Crippen LogP contribution is 2.24. The van der Waals surface area contributed by atoms with Crippen LogP contribution in [0.1, 0.15) is 24.0 Å². The molecule has 1 heterocycles. The molecule has 3 nitrogen and oxygen atoms in total. The van der Waals surface area contributed by atoms with Gasteiger partial charge in [-0.15, -0.1) is 0 Å². The van der Waals surface area contributed by atoms with Crippen molar-refractivity contribution in [3.05, 3.63) is 29.3 Å². The van der Waals surface area contributed by atoms with Gasteiger partial charge in [0.05, 0.1) is 0 Å². The number of aryl methyl sites for hydroxylation is 1. The lowest BCUT2D eigenvalue weighted by atomic mass is 9.93. The Hall–Kier alpha value is -1.06. The summed E-state index contributed by atoms with van der Waals surface area (Å²) in [5.74, 6) is 0.886. The van der Waals surface area contributed by atoms with Crippen molar-refractivity contribution >= 4 is 0 Å². The number of hydrogen-bond donors (Lipinski definition) is 2. The van der Waals surface area contributed by atoms with Crippen molar-refractivity contribution in [2.75, 3.05) is 19.7 Å². The molecule has 17 heavy (non-hydrogen) atoms.